The van der Waals surface area contributed by atoms with Gasteiger partial charge in [-0.2, -0.15) is 4.98 Å². The number of H-pyrrole nitrogens is 1. The highest BCUT2D eigenvalue weighted by Gasteiger charge is 2.11. The highest BCUT2D eigenvalue weighted by molar-refractivity contribution is 7.16. The molecule has 2 aromatic rings. The zero-order valence-corrected chi connectivity index (χ0v) is 10.2. The number of thiazole rings is 1. The number of anilines is 1. The van der Waals surface area contributed by atoms with Gasteiger partial charge in [0.15, 0.2) is 5.65 Å². The Kier molecular flexibility index (Phi) is 3.30. The van der Waals surface area contributed by atoms with Gasteiger partial charge in [-0.25, -0.2) is 0 Å². The molecule has 0 bridgehead atoms. The van der Waals surface area contributed by atoms with Gasteiger partial charge < -0.3 is 5.73 Å². The Morgan fingerprint density at radius 3 is 2.94 bits per heavy atom. The number of hydrogen-bond donors (Lipinski definition) is 2. The van der Waals surface area contributed by atoms with Crippen molar-refractivity contribution in [1.82, 2.24) is 14.5 Å². The van der Waals surface area contributed by atoms with Crippen molar-refractivity contribution in [3.8, 4) is 0 Å². The molecule has 2 rings (SSSR count). The first-order valence-corrected chi connectivity index (χ1v) is 6.08. The van der Waals surface area contributed by atoms with Gasteiger partial charge in [-0.15, -0.1) is 11.6 Å². The summed E-state index contributed by atoms with van der Waals surface area (Å²) in [5.41, 5.74) is 5.35. The smallest absolute Gasteiger partial charge is 0.309 e. The molecule has 6 nitrogen and oxygen atoms in total. The van der Waals surface area contributed by atoms with Gasteiger partial charge in [0.25, 0.3) is 5.56 Å². The van der Waals surface area contributed by atoms with Crippen LogP contribution in [0.1, 0.15) is 0 Å². The van der Waals surface area contributed by atoms with Gasteiger partial charge in [-0.05, 0) is 0 Å². The molecule has 2 heterocycles. The topological polar surface area (TPSA) is 93.8 Å². The third kappa shape index (κ3) is 2.25. The summed E-state index contributed by atoms with van der Waals surface area (Å²) in [4.78, 5) is 29.3. The summed E-state index contributed by atoms with van der Waals surface area (Å²) in [5, 5.41) is 0. The molecule has 0 amide bonds. The lowest BCUT2D eigenvalue weighted by Gasteiger charge is -1.98. The van der Waals surface area contributed by atoms with E-state index in [9.17, 15) is 9.59 Å². The lowest BCUT2D eigenvalue weighted by molar-refractivity contribution is 0.825. The van der Waals surface area contributed by atoms with Crippen LogP contribution in [-0.2, 0) is 6.54 Å². The van der Waals surface area contributed by atoms with E-state index in [4.69, 9.17) is 17.3 Å². The van der Waals surface area contributed by atoms with Crippen LogP contribution in [-0.4, -0.2) is 20.4 Å². The number of hydrogen-bond acceptors (Lipinski definition) is 5. The number of nitrogen functional groups attached to an aromatic ring is 1. The molecule has 0 aliphatic rings. The number of nitrogens with two attached hydrogens (primary N) is 1. The second kappa shape index (κ2) is 4.72. The maximum atomic E-state index is 11.7. The SMILES string of the molecule is Nc1nc2c(sc(=O)n2CC=CCCl)c(=O)[nH]1. The molecule has 3 N–H and O–H groups in total. The van der Waals surface area contributed by atoms with Gasteiger partial charge in [0, 0.05) is 12.4 Å². The number of rotatable bonds is 3. The van der Waals surface area contributed by atoms with Crippen molar-refractivity contribution in [3.63, 3.8) is 0 Å². The van der Waals surface area contributed by atoms with E-state index >= 15 is 0 Å². The third-order valence-electron chi connectivity index (χ3n) is 2.09. The molecule has 0 aromatic carbocycles. The Labute approximate surface area is 104 Å². The zero-order chi connectivity index (χ0) is 12.4. The summed E-state index contributed by atoms with van der Waals surface area (Å²) in [6.45, 7) is 0.321. The van der Waals surface area contributed by atoms with Crippen LogP contribution in [0.5, 0.6) is 0 Å². The van der Waals surface area contributed by atoms with E-state index in [1.807, 2.05) is 0 Å². The second-order valence-corrected chi connectivity index (χ2v) is 4.48. The molecule has 17 heavy (non-hydrogen) atoms. The van der Waals surface area contributed by atoms with Gasteiger partial charge in [-0.1, -0.05) is 23.5 Å². The van der Waals surface area contributed by atoms with Crippen molar-refractivity contribution in [2.75, 3.05) is 11.6 Å². The molecule has 90 valence electrons. The molecule has 0 saturated carbocycles. The summed E-state index contributed by atoms with van der Waals surface area (Å²) < 4.78 is 1.66. The van der Waals surface area contributed by atoms with Crippen molar-refractivity contribution >= 4 is 39.2 Å². The van der Waals surface area contributed by atoms with Gasteiger partial charge in [0.05, 0.1) is 0 Å². The molecule has 0 aliphatic heterocycles. The first kappa shape index (κ1) is 11.9. The molecular weight excluding hydrogens is 264 g/mol. The first-order chi connectivity index (χ1) is 8.13. The zero-order valence-electron chi connectivity index (χ0n) is 8.64. The normalized spacial score (nSPS) is 11.6. The van der Waals surface area contributed by atoms with Crippen LogP contribution in [0.2, 0.25) is 0 Å². The van der Waals surface area contributed by atoms with Crippen molar-refractivity contribution < 1.29 is 0 Å². The number of aromatic nitrogens is 3. The molecule has 0 spiro atoms. The van der Waals surface area contributed by atoms with E-state index in [1.165, 1.54) is 4.57 Å². The Morgan fingerprint density at radius 2 is 2.24 bits per heavy atom. The Hall–Kier alpha value is -1.60. The lowest BCUT2D eigenvalue weighted by Crippen LogP contribution is -2.14. The third-order valence-corrected chi connectivity index (χ3v) is 3.23. The maximum Gasteiger partial charge on any atom is 0.309 e. The molecular formula is C9H9ClN4O2S. The number of nitrogens with one attached hydrogen (secondary N) is 1. The number of allylic oxidation sites excluding steroid dienone is 2. The van der Waals surface area contributed by atoms with E-state index in [1.54, 1.807) is 12.2 Å². The first-order valence-electron chi connectivity index (χ1n) is 4.73. The van der Waals surface area contributed by atoms with Crippen LogP contribution in [0.25, 0.3) is 10.3 Å². The standard InChI is InChI=1S/C9H9ClN4O2S/c10-3-1-2-4-14-6-5(17-9(14)16)7(15)13-8(11)12-6/h1-2H,3-4H2,(H3,11,12,13,15). The fourth-order valence-corrected chi connectivity index (χ4v) is 2.34. The largest absolute Gasteiger partial charge is 0.369 e. The van der Waals surface area contributed by atoms with Crippen LogP contribution in [0.3, 0.4) is 0 Å². The lowest BCUT2D eigenvalue weighted by atomic mass is 10.5. The molecule has 8 heteroatoms. The monoisotopic (exact) mass is 272 g/mol. The van der Waals surface area contributed by atoms with Crippen molar-refractivity contribution in [2.24, 2.45) is 0 Å². The molecule has 2 aromatic heterocycles. The second-order valence-electron chi connectivity index (χ2n) is 3.21. The molecule has 0 fully saturated rings. The van der Waals surface area contributed by atoms with Crippen molar-refractivity contribution in [2.45, 2.75) is 6.54 Å². The van der Waals surface area contributed by atoms with Gasteiger partial charge >= 0.3 is 4.87 Å². The average Bonchev–Trinajstić information content (AvgIpc) is 2.57. The summed E-state index contributed by atoms with van der Waals surface area (Å²) in [6.07, 6.45) is 3.45. The van der Waals surface area contributed by atoms with Crippen molar-refractivity contribution in [3.05, 3.63) is 32.2 Å². The fourth-order valence-electron chi connectivity index (χ4n) is 1.38. The van der Waals surface area contributed by atoms with Gasteiger partial charge in [0.1, 0.15) is 4.70 Å². The summed E-state index contributed by atoms with van der Waals surface area (Å²) in [6, 6.07) is 0. The Morgan fingerprint density at radius 1 is 1.47 bits per heavy atom. The maximum absolute atomic E-state index is 11.7. The molecule has 0 unspecified atom stereocenters. The van der Waals surface area contributed by atoms with E-state index in [0.29, 0.717) is 18.1 Å². The van der Waals surface area contributed by atoms with Gasteiger partial charge in [-0.3, -0.25) is 19.1 Å². The minimum atomic E-state index is -0.394. The van der Waals surface area contributed by atoms with Gasteiger partial charge in [0.2, 0.25) is 5.95 Å². The average molecular weight is 273 g/mol. The van der Waals surface area contributed by atoms with E-state index in [0.717, 1.165) is 11.3 Å². The minimum absolute atomic E-state index is 0.00428. The minimum Gasteiger partial charge on any atom is -0.369 e. The van der Waals surface area contributed by atoms with E-state index in [-0.39, 0.29) is 15.5 Å². The van der Waals surface area contributed by atoms with E-state index in [2.05, 4.69) is 9.97 Å². The summed E-state index contributed by atoms with van der Waals surface area (Å²) in [5.74, 6) is 0.364. The highest BCUT2D eigenvalue weighted by Crippen LogP contribution is 2.10. The predicted octanol–water partition coefficient (Wildman–Crippen LogP) is 0.523. The molecule has 0 atom stereocenters. The Balaban J connectivity index is 2.62. The molecule has 0 radical (unpaired) electrons. The van der Waals surface area contributed by atoms with E-state index < -0.39 is 5.56 Å². The molecule has 0 saturated heterocycles. The summed E-state index contributed by atoms with van der Waals surface area (Å²) in [7, 11) is 0. The van der Waals surface area contributed by atoms with Crippen LogP contribution in [0.15, 0.2) is 21.7 Å². The predicted molar refractivity (Wildman–Crippen MR) is 68.8 cm³/mol. The summed E-state index contributed by atoms with van der Waals surface area (Å²) >= 11 is 6.34. The van der Waals surface area contributed by atoms with Crippen LogP contribution in [0.4, 0.5) is 5.95 Å². The number of fused-ring (bicyclic) bond motifs is 1. The Bertz CT molecular complexity index is 684. The fraction of sp³-hybridized carbons (Fsp3) is 0.222. The number of alkyl halides is 1. The van der Waals surface area contributed by atoms with Crippen LogP contribution < -0.4 is 16.2 Å². The van der Waals surface area contributed by atoms with Crippen molar-refractivity contribution in [1.29, 1.82) is 0 Å². The van der Waals surface area contributed by atoms with Crippen LogP contribution >= 0.6 is 22.9 Å². The number of halogens is 1. The number of aromatic amines is 1. The highest BCUT2D eigenvalue weighted by atomic mass is 35.5. The number of nitrogens with zero attached hydrogens (tertiary/aromatic N) is 2. The quantitative estimate of drug-likeness (QED) is 0.629. The van der Waals surface area contributed by atoms with Crippen LogP contribution in [0, 0.1) is 0 Å². The molecule has 0 aliphatic carbocycles.